The van der Waals surface area contributed by atoms with Crippen LogP contribution in [-0.2, 0) is 4.79 Å². The van der Waals surface area contributed by atoms with Crippen molar-refractivity contribution in [2.45, 2.75) is 6.42 Å². The van der Waals surface area contributed by atoms with Crippen LogP contribution in [0.25, 0.3) is 10.8 Å². The minimum absolute atomic E-state index is 0.280. The molecule has 5 nitrogen and oxygen atoms in total. The Hall–Kier alpha value is -2.30. The van der Waals surface area contributed by atoms with Gasteiger partial charge in [-0.3, -0.25) is 4.79 Å². The lowest BCUT2D eigenvalue weighted by Crippen LogP contribution is -2.16. The van der Waals surface area contributed by atoms with E-state index in [0.717, 1.165) is 22.3 Å². The second-order valence-electron chi connectivity index (χ2n) is 3.86. The minimum atomic E-state index is -0.333. The molecule has 0 atom stereocenters. The molecule has 0 bridgehead atoms. The summed E-state index contributed by atoms with van der Waals surface area (Å²) in [7, 11) is 1.63. The monoisotopic (exact) mass is 245 g/mol. The van der Waals surface area contributed by atoms with E-state index in [4.69, 9.17) is 10.5 Å². The zero-order chi connectivity index (χ0) is 13.0. The molecule has 0 aliphatic carbocycles. The highest BCUT2D eigenvalue weighted by molar-refractivity contribution is 5.95. The Labute approximate surface area is 105 Å². The normalized spacial score (nSPS) is 10.3. The molecule has 0 radical (unpaired) electrons. The van der Waals surface area contributed by atoms with Crippen molar-refractivity contribution in [1.29, 1.82) is 0 Å². The standard InChI is InChI=1S/C13H15N3O2/c1-18-11-4-2-3-10-9(11)5-7-15-13(10)16-8-6-12(14)17/h2-5,7H,6,8H2,1H3,(H2,14,17)(H,15,16). The van der Waals surface area contributed by atoms with Crippen molar-refractivity contribution in [2.24, 2.45) is 5.73 Å². The van der Waals surface area contributed by atoms with Gasteiger partial charge in [-0.25, -0.2) is 4.98 Å². The van der Waals surface area contributed by atoms with Crippen LogP contribution in [0, 0.1) is 0 Å². The number of fused-ring (bicyclic) bond motifs is 1. The first-order chi connectivity index (χ1) is 8.72. The van der Waals surface area contributed by atoms with E-state index in [0.29, 0.717) is 6.54 Å². The van der Waals surface area contributed by atoms with Gasteiger partial charge in [0.1, 0.15) is 11.6 Å². The first-order valence-electron chi connectivity index (χ1n) is 5.66. The second kappa shape index (κ2) is 5.35. The second-order valence-corrected chi connectivity index (χ2v) is 3.86. The SMILES string of the molecule is COc1cccc2c(NCCC(N)=O)nccc12. The smallest absolute Gasteiger partial charge is 0.219 e. The number of methoxy groups -OCH3 is 1. The molecule has 0 saturated carbocycles. The van der Waals surface area contributed by atoms with Gasteiger partial charge in [0.25, 0.3) is 0 Å². The van der Waals surface area contributed by atoms with Gasteiger partial charge in [-0.2, -0.15) is 0 Å². The van der Waals surface area contributed by atoms with Crippen LogP contribution < -0.4 is 15.8 Å². The topological polar surface area (TPSA) is 77.2 Å². The van der Waals surface area contributed by atoms with Gasteiger partial charge < -0.3 is 15.8 Å². The number of nitrogens with zero attached hydrogens (tertiary/aromatic N) is 1. The highest BCUT2D eigenvalue weighted by Crippen LogP contribution is 2.28. The fourth-order valence-corrected chi connectivity index (χ4v) is 1.80. The zero-order valence-electron chi connectivity index (χ0n) is 10.1. The van der Waals surface area contributed by atoms with E-state index < -0.39 is 0 Å². The quantitative estimate of drug-likeness (QED) is 0.837. The number of hydrogen-bond donors (Lipinski definition) is 2. The summed E-state index contributed by atoms with van der Waals surface area (Å²) >= 11 is 0. The number of hydrogen-bond acceptors (Lipinski definition) is 4. The molecule has 0 aliphatic rings. The highest BCUT2D eigenvalue weighted by atomic mass is 16.5. The molecule has 0 spiro atoms. The van der Waals surface area contributed by atoms with Crippen molar-refractivity contribution in [3.63, 3.8) is 0 Å². The van der Waals surface area contributed by atoms with Crippen molar-refractivity contribution < 1.29 is 9.53 Å². The van der Waals surface area contributed by atoms with Crippen LogP contribution in [0.3, 0.4) is 0 Å². The Morgan fingerprint density at radius 1 is 1.39 bits per heavy atom. The first kappa shape index (κ1) is 12.2. The molecule has 1 aromatic heterocycles. The molecule has 1 amide bonds. The van der Waals surface area contributed by atoms with Gasteiger partial charge in [-0.15, -0.1) is 0 Å². The molecule has 0 fully saturated rings. The number of primary amides is 1. The van der Waals surface area contributed by atoms with Crippen LogP contribution in [0.1, 0.15) is 6.42 Å². The van der Waals surface area contributed by atoms with Crippen LogP contribution in [-0.4, -0.2) is 24.5 Å². The molecular weight excluding hydrogens is 230 g/mol. The van der Waals surface area contributed by atoms with Crippen molar-refractivity contribution in [3.8, 4) is 5.75 Å². The number of ether oxygens (including phenoxy) is 1. The summed E-state index contributed by atoms with van der Waals surface area (Å²) in [5, 5.41) is 5.05. The third-order valence-electron chi connectivity index (χ3n) is 2.65. The van der Waals surface area contributed by atoms with Crippen molar-refractivity contribution in [3.05, 3.63) is 30.5 Å². The number of carbonyl (C=O) groups is 1. The summed E-state index contributed by atoms with van der Waals surface area (Å²) in [5.74, 6) is 1.20. The van der Waals surface area contributed by atoms with E-state index in [1.54, 1.807) is 13.3 Å². The van der Waals surface area contributed by atoms with E-state index in [2.05, 4.69) is 10.3 Å². The number of carbonyl (C=O) groups excluding carboxylic acids is 1. The predicted molar refractivity (Wildman–Crippen MR) is 70.6 cm³/mol. The summed E-state index contributed by atoms with van der Waals surface area (Å²) in [6.45, 7) is 0.471. The molecule has 1 heterocycles. The summed E-state index contributed by atoms with van der Waals surface area (Å²) in [5.41, 5.74) is 5.10. The van der Waals surface area contributed by atoms with Gasteiger partial charge in [0.2, 0.25) is 5.91 Å². The largest absolute Gasteiger partial charge is 0.496 e. The first-order valence-corrected chi connectivity index (χ1v) is 5.66. The van der Waals surface area contributed by atoms with E-state index in [1.807, 2.05) is 24.3 Å². The number of rotatable bonds is 5. The Morgan fingerprint density at radius 3 is 2.94 bits per heavy atom. The molecule has 18 heavy (non-hydrogen) atoms. The van der Waals surface area contributed by atoms with Gasteiger partial charge in [0.05, 0.1) is 7.11 Å². The van der Waals surface area contributed by atoms with Crippen LogP contribution >= 0.6 is 0 Å². The molecule has 0 unspecified atom stereocenters. The molecular formula is C13H15N3O2. The molecule has 1 aromatic carbocycles. The molecule has 5 heteroatoms. The van der Waals surface area contributed by atoms with Crippen LogP contribution in [0.5, 0.6) is 5.75 Å². The van der Waals surface area contributed by atoms with Gasteiger partial charge in [-0.1, -0.05) is 12.1 Å². The Balaban J connectivity index is 2.31. The summed E-state index contributed by atoms with van der Waals surface area (Å²) in [6, 6.07) is 7.66. The molecule has 2 aromatic rings. The average Bonchev–Trinajstić information content (AvgIpc) is 2.38. The number of nitrogens with two attached hydrogens (primary N) is 1. The molecule has 94 valence electrons. The van der Waals surface area contributed by atoms with E-state index in [1.165, 1.54) is 0 Å². The van der Waals surface area contributed by atoms with E-state index in [-0.39, 0.29) is 12.3 Å². The fraction of sp³-hybridized carbons (Fsp3) is 0.231. The van der Waals surface area contributed by atoms with Crippen LogP contribution in [0.2, 0.25) is 0 Å². The van der Waals surface area contributed by atoms with Gasteiger partial charge in [-0.05, 0) is 12.1 Å². The molecule has 0 aliphatic heterocycles. The minimum Gasteiger partial charge on any atom is -0.496 e. The molecule has 2 rings (SSSR count). The maximum Gasteiger partial charge on any atom is 0.219 e. The number of pyridine rings is 1. The van der Waals surface area contributed by atoms with Gasteiger partial charge >= 0.3 is 0 Å². The fourth-order valence-electron chi connectivity index (χ4n) is 1.80. The third kappa shape index (κ3) is 2.51. The Morgan fingerprint density at radius 2 is 2.22 bits per heavy atom. The van der Waals surface area contributed by atoms with Gasteiger partial charge in [0, 0.05) is 29.9 Å². The summed E-state index contributed by atoms with van der Waals surface area (Å²) in [4.78, 5) is 15.0. The number of amides is 1. The van der Waals surface area contributed by atoms with Crippen LogP contribution in [0.4, 0.5) is 5.82 Å². The highest BCUT2D eigenvalue weighted by Gasteiger charge is 2.06. The Kier molecular flexibility index (Phi) is 3.62. The Bertz CT molecular complexity index is 569. The lowest BCUT2D eigenvalue weighted by atomic mass is 10.1. The van der Waals surface area contributed by atoms with Crippen molar-refractivity contribution >= 4 is 22.5 Å². The number of aromatic nitrogens is 1. The van der Waals surface area contributed by atoms with Crippen molar-refractivity contribution in [2.75, 3.05) is 19.0 Å². The molecule has 0 saturated heterocycles. The van der Waals surface area contributed by atoms with Crippen molar-refractivity contribution in [1.82, 2.24) is 4.98 Å². The maximum atomic E-state index is 10.7. The lowest BCUT2D eigenvalue weighted by molar-refractivity contribution is -0.117. The lowest BCUT2D eigenvalue weighted by Gasteiger charge is -2.10. The molecule has 3 N–H and O–H groups in total. The summed E-state index contributed by atoms with van der Waals surface area (Å²) < 4.78 is 5.30. The average molecular weight is 245 g/mol. The third-order valence-corrected chi connectivity index (χ3v) is 2.65. The predicted octanol–water partition coefficient (Wildman–Crippen LogP) is 1.53. The number of benzene rings is 1. The maximum absolute atomic E-state index is 10.7. The van der Waals surface area contributed by atoms with Gasteiger partial charge in [0.15, 0.2) is 0 Å². The van der Waals surface area contributed by atoms with E-state index >= 15 is 0 Å². The zero-order valence-corrected chi connectivity index (χ0v) is 10.1. The number of nitrogens with one attached hydrogen (secondary N) is 1. The summed E-state index contributed by atoms with van der Waals surface area (Å²) in [6.07, 6.45) is 1.99. The number of anilines is 1. The van der Waals surface area contributed by atoms with E-state index in [9.17, 15) is 4.79 Å². The van der Waals surface area contributed by atoms with Crippen LogP contribution in [0.15, 0.2) is 30.5 Å².